The van der Waals surface area contributed by atoms with Crippen molar-refractivity contribution in [3.05, 3.63) is 0 Å². The number of carbonyl (C=O) groups excluding carboxylic acids is 1. The Bertz CT molecular complexity index is 174. The normalized spacial score (nSPS) is 12.2. The Morgan fingerprint density at radius 2 is 1.94 bits per heavy atom. The van der Waals surface area contributed by atoms with Crippen molar-refractivity contribution in [1.29, 1.82) is 0 Å². The van der Waals surface area contributed by atoms with Crippen molar-refractivity contribution in [3.8, 4) is 0 Å². The molecule has 0 fully saturated rings. The Hall–Kier alpha value is -0.770. The van der Waals surface area contributed by atoms with E-state index in [2.05, 4.69) is 19.2 Å². The minimum atomic E-state index is -0.323. The second kappa shape index (κ2) is 10.7. The Morgan fingerprint density at radius 1 is 1.25 bits per heavy atom. The van der Waals surface area contributed by atoms with Crippen molar-refractivity contribution in [1.82, 2.24) is 5.32 Å². The standard InChI is InChI=1S/C12H26N2O2/c1-3-5-7-11(13)8-10-16-12(15)14-9-6-4-2/h11H,3-10,13H2,1-2H3,(H,14,15). The predicted octanol–water partition coefficient (Wildman–Crippen LogP) is 2.42. The van der Waals surface area contributed by atoms with Gasteiger partial charge in [-0.1, -0.05) is 33.1 Å². The Morgan fingerprint density at radius 3 is 2.56 bits per heavy atom. The SMILES string of the molecule is CCCCNC(=O)OCCC(N)CCCC. The second-order valence-corrected chi connectivity index (χ2v) is 4.11. The van der Waals surface area contributed by atoms with Crippen LogP contribution in [0.4, 0.5) is 4.79 Å². The number of amides is 1. The van der Waals surface area contributed by atoms with Crippen molar-refractivity contribution in [2.24, 2.45) is 5.73 Å². The number of unbranched alkanes of at least 4 members (excludes halogenated alkanes) is 2. The van der Waals surface area contributed by atoms with Crippen molar-refractivity contribution >= 4 is 6.09 Å². The Balaban J connectivity index is 3.32. The summed E-state index contributed by atoms with van der Waals surface area (Å²) in [7, 11) is 0. The van der Waals surface area contributed by atoms with Crippen LogP contribution in [-0.4, -0.2) is 25.3 Å². The lowest BCUT2D eigenvalue weighted by atomic mass is 10.1. The average molecular weight is 230 g/mol. The zero-order valence-electron chi connectivity index (χ0n) is 10.6. The molecular formula is C12H26N2O2. The molecule has 0 heterocycles. The third-order valence-electron chi connectivity index (χ3n) is 2.45. The van der Waals surface area contributed by atoms with Gasteiger partial charge in [0.05, 0.1) is 6.61 Å². The van der Waals surface area contributed by atoms with Gasteiger partial charge in [0.25, 0.3) is 0 Å². The maximum absolute atomic E-state index is 11.1. The summed E-state index contributed by atoms with van der Waals surface area (Å²) in [6.07, 6.45) is 5.80. The van der Waals surface area contributed by atoms with Crippen molar-refractivity contribution in [2.45, 2.75) is 58.4 Å². The molecule has 4 heteroatoms. The van der Waals surface area contributed by atoms with Crippen molar-refractivity contribution in [3.63, 3.8) is 0 Å². The monoisotopic (exact) mass is 230 g/mol. The van der Waals surface area contributed by atoms with Crippen molar-refractivity contribution in [2.75, 3.05) is 13.2 Å². The van der Waals surface area contributed by atoms with Crippen LogP contribution in [0.5, 0.6) is 0 Å². The number of ether oxygens (including phenoxy) is 1. The maximum atomic E-state index is 11.1. The van der Waals surface area contributed by atoms with Crippen LogP contribution < -0.4 is 11.1 Å². The van der Waals surface area contributed by atoms with Crippen LogP contribution >= 0.6 is 0 Å². The number of hydrogen-bond donors (Lipinski definition) is 2. The lowest BCUT2D eigenvalue weighted by Gasteiger charge is -2.11. The number of nitrogens with two attached hydrogens (primary N) is 1. The molecule has 0 aromatic rings. The molecule has 1 atom stereocenters. The minimum Gasteiger partial charge on any atom is -0.450 e. The van der Waals surface area contributed by atoms with E-state index in [1.807, 2.05) is 0 Å². The van der Waals surface area contributed by atoms with Gasteiger partial charge in [-0.05, 0) is 19.3 Å². The van der Waals surface area contributed by atoms with Gasteiger partial charge in [0.1, 0.15) is 0 Å². The molecule has 0 aliphatic carbocycles. The molecule has 16 heavy (non-hydrogen) atoms. The minimum absolute atomic E-state index is 0.156. The fourth-order valence-corrected chi connectivity index (χ4v) is 1.33. The molecule has 96 valence electrons. The molecule has 0 saturated heterocycles. The first kappa shape index (κ1) is 15.2. The van der Waals surface area contributed by atoms with Gasteiger partial charge in [-0.3, -0.25) is 0 Å². The zero-order chi connectivity index (χ0) is 12.2. The summed E-state index contributed by atoms with van der Waals surface area (Å²) in [6.45, 7) is 5.34. The maximum Gasteiger partial charge on any atom is 0.407 e. The summed E-state index contributed by atoms with van der Waals surface area (Å²) in [5, 5.41) is 2.70. The zero-order valence-corrected chi connectivity index (χ0v) is 10.6. The summed E-state index contributed by atoms with van der Waals surface area (Å²) in [4.78, 5) is 11.1. The highest BCUT2D eigenvalue weighted by molar-refractivity contribution is 5.66. The van der Waals surface area contributed by atoms with E-state index in [0.717, 1.165) is 38.5 Å². The van der Waals surface area contributed by atoms with Gasteiger partial charge in [0.15, 0.2) is 0 Å². The quantitative estimate of drug-likeness (QED) is 0.598. The summed E-state index contributed by atoms with van der Waals surface area (Å²) >= 11 is 0. The molecule has 1 amide bonds. The summed E-state index contributed by atoms with van der Waals surface area (Å²) in [5.41, 5.74) is 5.86. The molecule has 4 nitrogen and oxygen atoms in total. The molecule has 0 aliphatic rings. The van der Waals surface area contributed by atoms with Crippen LogP contribution in [0.15, 0.2) is 0 Å². The van der Waals surface area contributed by atoms with Gasteiger partial charge in [-0.2, -0.15) is 0 Å². The lowest BCUT2D eigenvalue weighted by Crippen LogP contribution is -2.28. The van der Waals surface area contributed by atoms with Crippen LogP contribution in [0.2, 0.25) is 0 Å². The van der Waals surface area contributed by atoms with Gasteiger partial charge in [0, 0.05) is 12.6 Å². The first-order valence-corrected chi connectivity index (χ1v) is 6.36. The number of hydrogen-bond acceptors (Lipinski definition) is 3. The van der Waals surface area contributed by atoms with Gasteiger partial charge in [-0.15, -0.1) is 0 Å². The first-order chi connectivity index (χ1) is 7.70. The van der Waals surface area contributed by atoms with E-state index in [9.17, 15) is 4.79 Å². The fourth-order valence-electron chi connectivity index (χ4n) is 1.33. The third-order valence-corrected chi connectivity index (χ3v) is 2.45. The molecule has 0 radical (unpaired) electrons. The van der Waals surface area contributed by atoms with Crippen molar-refractivity contribution < 1.29 is 9.53 Å². The predicted molar refractivity (Wildman–Crippen MR) is 66.4 cm³/mol. The molecular weight excluding hydrogens is 204 g/mol. The molecule has 0 rings (SSSR count). The Kier molecular flexibility index (Phi) is 10.2. The van der Waals surface area contributed by atoms with Crippen LogP contribution in [-0.2, 0) is 4.74 Å². The topological polar surface area (TPSA) is 64.3 Å². The smallest absolute Gasteiger partial charge is 0.407 e. The molecule has 0 spiro atoms. The second-order valence-electron chi connectivity index (χ2n) is 4.11. The lowest BCUT2D eigenvalue weighted by molar-refractivity contribution is 0.142. The number of alkyl carbamates (subject to hydrolysis) is 1. The number of carbonyl (C=O) groups is 1. The molecule has 0 saturated carbocycles. The molecule has 3 N–H and O–H groups in total. The van der Waals surface area contributed by atoms with Gasteiger partial charge in [-0.25, -0.2) is 4.79 Å². The fraction of sp³-hybridized carbons (Fsp3) is 0.917. The van der Waals surface area contributed by atoms with E-state index in [0.29, 0.717) is 13.2 Å². The highest BCUT2D eigenvalue weighted by Crippen LogP contribution is 2.01. The van der Waals surface area contributed by atoms with E-state index in [1.54, 1.807) is 0 Å². The van der Waals surface area contributed by atoms with Gasteiger partial charge in [0.2, 0.25) is 0 Å². The molecule has 1 unspecified atom stereocenters. The van der Waals surface area contributed by atoms with E-state index < -0.39 is 0 Å². The number of rotatable bonds is 9. The van der Waals surface area contributed by atoms with Crippen LogP contribution in [0.3, 0.4) is 0 Å². The summed E-state index contributed by atoms with van der Waals surface area (Å²) in [6, 6.07) is 0.156. The number of nitrogens with one attached hydrogen (secondary N) is 1. The van der Waals surface area contributed by atoms with E-state index in [1.165, 1.54) is 0 Å². The summed E-state index contributed by atoms with van der Waals surface area (Å²) in [5.74, 6) is 0. The van der Waals surface area contributed by atoms with Gasteiger partial charge >= 0.3 is 6.09 Å². The molecule has 0 aromatic carbocycles. The molecule has 0 aromatic heterocycles. The first-order valence-electron chi connectivity index (χ1n) is 6.36. The highest BCUT2D eigenvalue weighted by Gasteiger charge is 2.04. The third kappa shape index (κ3) is 9.77. The van der Waals surface area contributed by atoms with E-state index in [-0.39, 0.29) is 12.1 Å². The van der Waals surface area contributed by atoms with Crippen LogP contribution in [0, 0.1) is 0 Å². The largest absolute Gasteiger partial charge is 0.450 e. The summed E-state index contributed by atoms with van der Waals surface area (Å²) < 4.78 is 5.01. The Labute approximate surface area is 98.9 Å². The van der Waals surface area contributed by atoms with Gasteiger partial charge < -0.3 is 15.8 Å². The van der Waals surface area contributed by atoms with Crippen LogP contribution in [0.1, 0.15) is 52.4 Å². The van der Waals surface area contributed by atoms with E-state index in [4.69, 9.17) is 10.5 Å². The molecule has 0 bridgehead atoms. The average Bonchev–Trinajstić information content (AvgIpc) is 2.26. The van der Waals surface area contributed by atoms with E-state index >= 15 is 0 Å². The highest BCUT2D eigenvalue weighted by atomic mass is 16.5. The van der Waals surface area contributed by atoms with Crippen LogP contribution in [0.25, 0.3) is 0 Å². The molecule has 0 aliphatic heterocycles.